The first-order chi connectivity index (χ1) is 9.22. The molecular formula is C15H31N3O. The first kappa shape index (κ1) is 16.3. The molecule has 0 aliphatic carbocycles. The Labute approximate surface area is 118 Å². The van der Waals surface area contributed by atoms with Crippen LogP contribution in [0.1, 0.15) is 52.9 Å². The van der Waals surface area contributed by atoms with E-state index in [2.05, 4.69) is 31.4 Å². The van der Waals surface area contributed by atoms with Crippen molar-refractivity contribution in [2.24, 2.45) is 5.92 Å². The number of likely N-dealkylation sites (tertiary alicyclic amines) is 1. The Morgan fingerprint density at radius 2 is 2.00 bits per heavy atom. The van der Waals surface area contributed by atoms with Gasteiger partial charge in [-0.25, -0.2) is 4.79 Å². The van der Waals surface area contributed by atoms with Crippen molar-refractivity contribution in [3.63, 3.8) is 0 Å². The Kier molecular flexibility index (Phi) is 7.87. The van der Waals surface area contributed by atoms with Gasteiger partial charge in [0.1, 0.15) is 0 Å². The van der Waals surface area contributed by atoms with Crippen LogP contribution in [0.25, 0.3) is 0 Å². The van der Waals surface area contributed by atoms with Crippen LogP contribution >= 0.6 is 0 Å². The van der Waals surface area contributed by atoms with Crippen molar-refractivity contribution in [3.05, 3.63) is 0 Å². The molecule has 19 heavy (non-hydrogen) atoms. The van der Waals surface area contributed by atoms with E-state index in [1.165, 1.54) is 6.42 Å². The lowest BCUT2D eigenvalue weighted by atomic mass is 9.90. The van der Waals surface area contributed by atoms with Crippen molar-refractivity contribution in [1.82, 2.24) is 15.5 Å². The summed E-state index contributed by atoms with van der Waals surface area (Å²) in [5.41, 5.74) is 0. The van der Waals surface area contributed by atoms with Gasteiger partial charge in [-0.05, 0) is 31.7 Å². The van der Waals surface area contributed by atoms with Gasteiger partial charge in [-0.3, -0.25) is 0 Å². The van der Waals surface area contributed by atoms with Crippen LogP contribution in [0.4, 0.5) is 4.79 Å². The molecule has 1 saturated heterocycles. The summed E-state index contributed by atoms with van der Waals surface area (Å²) in [6, 6.07) is 0.713. The molecule has 112 valence electrons. The summed E-state index contributed by atoms with van der Waals surface area (Å²) in [7, 11) is 0. The third kappa shape index (κ3) is 5.39. The van der Waals surface area contributed by atoms with Crippen LogP contribution in [-0.2, 0) is 0 Å². The Hall–Kier alpha value is -0.770. The molecule has 0 aromatic heterocycles. The van der Waals surface area contributed by atoms with Gasteiger partial charge in [0, 0.05) is 25.7 Å². The second-order valence-corrected chi connectivity index (χ2v) is 5.55. The largest absolute Gasteiger partial charge is 0.338 e. The predicted molar refractivity (Wildman–Crippen MR) is 80.4 cm³/mol. The van der Waals surface area contributed by atoms with Crippen molar-refractivity contribution in [1.29, 1.82) is 0 Å². The van der Waals surface area contributed by atoms with Crippen LogP contribution in [0.3, 0.4) is 0 Å². The number of hydrogen-bond donors (Lipinski definition) is 2. The minimum Gasteiger partial charge on any atom is -0.338 e. The average Bonchev–Trinajstić information content (AvgIpc) is 2.45. The Morgan fingerprint density at radius 3 is 2.63 bits per heavy atom. The zero-order valence-corrected chi connectivity index (χ0v) is 12.9. The summed E-state index contributed by atoms with van der Waals surface area (Å²) in [6.07, 6.45) is 5.59. The molecule has 2 atom stereocenters. The van der Waals surface area contributed by atoms with Crippen LogP contribution in [0.15, 0.2) is 0 Å². The fourth-order valence-electron chi connectivity index (χ4n) is 2.71. The molecule has 2 N–H and O–H groups in total. The van der Waals surface area contributed by atoms with Gasteiger partial charge < -0.3 is 15.5 Å². The monoisotopic (exact) mass is 269 g/mol. The number of carbonyl (C=O) groups is 1. The highest BCUT2D eigenvalue weighted by Gasteiger charge is 2.29. The molecule has 0 saturated carbocycles. The Morgan fingerprint density at radius 1 is 1.21 bits per heavy atom. The van der Waals surface area contributed by atoms with Crippen LogP contribution in [0.5, 0.6) is 0 Å². The lowest BCUT2D eigenvalue weighted by molar-refractivity contribution is 0.142. The van der Waals surface area contributed by atoms with E-state index >= 15 is 0 Å². The van der Waals surface area contributed by atoms with E-state index in [0.717, 1.165) is 51.9 Å². The quantitative estimate of drug-likeness (QED) is 0.698. The summed E-state index contributed by atoms with van der Waals surface area (Å²) < 4.78 is 0. The molecule has 4 nitrogen and oxygen atoms in total. The van der Waals surface area contributed by atoms with Crippen LogP contribution in [0.2, 0.25) is 0 Å². The van der Waals surface area contributed by atoms with Crippen molar-refractivity contribution in [2.75, 3.05) is 26.2 Å². The third-order valence-electron chi connectivity index (χ3n) is 4.01. The SMILES string of the molecule is CCCCNC(=O)N1CCC(NCCC)C(CC)C1. The lowest BCUT2D eigenvalue weighted by Crippen LogP contribution is -2.53. The van der Waals surface area contributed by atoms with Crippen LogP contribution in [0, 0.1) is 5.92 Å². The highest BCUT2D eigenvalue weighted by Crippen LogP contribution is 2.20. The molecule has 1 heterocycles. The molecular weight excluding hydrogens is 238 g/mol. The van der Waals surface area contributed by atoms with Gasteiger partial charge in [-0.1, -0.05) is 33.6 Å². The van der Waals surface area contributed by atoms with E-state index in [1.807, 2.05) is 4.90 Å². The highest BCUT2D eigenvalue weighted by molar-refractivity contribution is 5.74. The van der Waals surface area contributed by atoms with Gasteiger partial charge in [0.2, 0.25) is 0 Å². The van der Waals surface area contributed by atoms with Crippen LogP contribution < -0.4 is 10.6 Å². The van der Waals surface area contributed by atoms with E-state index in [-0.39, 0.29) is 6.03 Å². The maximum Gasteiger partial charge on any atom is 0.317 e. The average molecular weight is 269 g/mol. The summed E-state index contributed by atoms with van der Waals surface area (Å²) in [5.74, 6) is 0.595. The van der Waals surface area contributed by atoms with Crippen LogP contribution in [-0.4, -0.2) is 43.2 Å². The first-order valence-electron chi connectivity index (χ1n) is 7.99. The predicted octanol–water partition coefficient (Wildman–Crippen LogP) is 2.60. The highest BCUT2D eigenvalue weighted by atomic mass is 16.2. The summed E-state index contributed by atoms with van der Waals surface area (Å²) in [6.45, 7) is 10.2. The molecule has 1 fully saturated rings. The second kappa shape index (κ2) is 9.18. The van der Waals surface area contributed by atoms with Gasteiger partial charge in [-0.15, -0.1) is 0 Å². The molecule has 1 rings (SSSR count). The number of nitrogens with one attached hydrogen (secondary N) is 2. The van der Waals surface area contributed by atoms with Gasteiger partial charge in [-0.2, -0.15) is 0 Å². The van der Waals surface area contributed by atoms with Crippen molar-refractivity contribution in [2.45, 2.75) is 58.9 Å². The fraction of sp³-hybridized carbons (Fsp3) is 0.933. The van der Waals surface area contributed by atoms with E-state index < -0.39 is 0 Å². The van der Waals surface area contributed by atoms with Gasteiger partial charge >= 0.3 is 6.03 Å². The zero-order chi connectivity index (χ0) is 14.1. The molecule has 0 spiro atoms. The second-order valence-electron chi connectivity index (χ2n) is 5.55. The van der Waals surface area contributed by atoms with Gasteiger partial charge in [0.05, 0.1) is 0 Å². The standard InChI is InChI=1S/C15H31N3O/c1-4-7-10-17-15(19)18-11-8-14(16-9-5-2)13(6-3)12-18/h13-14,16H,4-12H2,1-3H3,(H,17,19). The molecule has 0 bridgehead atoms. The molecule has 4 heteroatoms. The summed E-state index contributed by atoms with van der Waals surface area (Å²) in [4.78, 5) is 14.0. The maximum atomic E-state index is 12.0. The molecule has 0 aromatic carbocycles. The number of hydrogen-bond acceptors (Lipinski definition) is 2. The topological polar surface area (TPSA) is 44.4 Å². The Bertz CT molecular complexity index is 258. The number of nitrogens with zero attached hydrogens (tertiary/aromatic N) is 1. The van der Waals surface area contributed by atoms with Crippen molar-refractivity contribution in [3.8, 4) is 0 Å². The molecule has 2 unspecified atom stereocenters. The zero-order valence-electron chi connectivity index (χ0n) is 12.9. The maximum absolute atomic E-state index is 12.0. The normalized spacial score (nSPS) is 23.4. The Balaban J connectivity index is 2.37. The first-order valence-corrected chi connectivity index (χ1v) is 7.99. The summed E-state index contributed by atoms with van der Waals surface area (Å²) >= 11 is 0. The number of rotatable bonds is 7. The number of unbranched alkanes of at least 4 members (excludes halogenated alkanes) is 1. The fourth-order valence-corrected chi connectivity index (χ4v) is 2.71. The smallest absolute Gasteiger partial charge is 0.317 e. The number of amides is 2. The minimum atomic E-state index is 0.126. The van der Waals surface area contributed by atoms with E-state index in [0.29, 0.717) is 12.0 Å². The molecule has 0 aromatic rings. The van der Waals surface area contributed by atoms with E-state index in [1.54, 1.807) is 0 Å². The molecule has 0 radical (unpaired) electrons. The van der Waals surface area contributed by atoms with E-state index in [4.69, 9.17) is 0 Å². The van der Waals surface area contributed by atoms with Crippen molar-refractivity contribution < 1.29 is 4.79 Å². The number of piperidine rings is 1. The molecule has 2 amide bonds. The minimum absolute atomic E-state index is 0.126. The number of carbonyl (C=O) groups excluding carboxylic acids is 1. The summed E-state index contributed by atoms with van der Waals surface area (Å²) in [5, 5.41) is 6.65. The third-order valence-corrected chi connectivity index (χ3v) is 4.01. The number of urea groups is 1. The van der Waals surface area contributed by atoms with Gasteiger partial charge in [0.25, 0.3) is 0 Å². The van der Waals surface area contributed by atoms with E-state index in [9.17, 15) is 4.79 Å². The molecule has 1 aliphatic heterocycles. The van der Waals surface area contributed by atoms with Crippen molar-refractivity contribution >= 4 is 6.03 Å². The molecule has 1 aliphatic rings. The van der Waals surface area contributed by atoms with Gasteiger partial charge in [0.15, 0.2) is 0 Å². The lowest BCUT2D eigenvalue weighted by Gasteiger charge is -2.38.